The summed E-state index contributed by atoms with van der Waals surface area (Å²) in [6.07, 6.45) is 3.68. The first-order valence-electron chi connectivity index (χ1n) is 5.52. The molecule has 1 heterocycles. The summed E-state index contributed by atoms with van der Waals surface area (Å²) in [5.41, 5.74) is 2.69. The zero-order valence-electron chi connectivity index (χ0n) is 9.72. The molecule has 0 unspecified atom stereocenters. The van der Waals surface area contributed by atoms with Crippen molar-refractivity contribution in [3.8, 4) is 6.07 Å². The second-order valence-corrected chi connectivity index (χ2v) is 3.81. The third kappa shape index (κ3) is 2.64. The summed E-state index contributed by atoms with van der Waals surface area (Å²) >= 11 is 0. The molecule has 0 bridgehead atoms. The lowest BCUT2D eigenvalue weighted by molar-refractivity contribution is 0.637. The second-order valence-electron chi connectivity index (χ2n) is 3.81. The summed E-state index contributed by atoms with van der Waals surface area (Å²) in [5.74, 6) is 0. The fourth-order valence-electron chi connectivity index (χ4n) is 1.72. The Morgan fingerprint density at radius 2 is 2.29 bits per heavy atom. The molecule has 0 aliphatic carbocycles. The number of rotatable bonds is 4. The normalized spacial score (nSPS) is 9.88. The summed E-state index contributed by atoms with van der Waals surface area (Å²) in [5, 5.41) is 16.4. The Hall–Kier alpha value is -2.28. The van der Waals surface area contributed by atoms with Crippen molar-refractivity contribution in [1.82, 2.24) is 9.78 Å². The van der Waals surface area contributed by atoms with Crippen LogP contribution in [0.4, 0.5) is 5.69 Å². The number of anilines is 1. The monoisotopic (exact) mass is 226 g/mol. The van der Waals surface area contributed by atoms with Crippen LogP contribution in [0, 0.1) is 18.3 Å². The van der Waals surface area contributed by atoms with E-state index in [0.717, 1.165) is 24.3 Å². The summed E-state index contributed by atoms with van der Waals surface area (Å²) in [6.45, 7) is 3.53. The number of hydrogen-bond acceptors (Lipinski definition) is 3. The molecule has 86 valence electrons. The molecule has 0 spiro atoms. The molecular weight excluding hydrogens is 212 g/mol. The number of benzene rings is 1. The fourth-order valence-corrected chi connectivity index (χ4v) is 1.72. The summed E-state index contributed by atoms with van der Waals surface area (Å²) in [4.78, 5) is 0. The van der Waals surface area contributed by atoms with Gasteiger partial charge in [0.2, 0.25) is 0 Å². The highest BCUT2D eigenvalue weighted by molar-refractivity contribution is 5.62. The van der Waals surface area contributed by atoms with Gasteiger partial charge in [-0.05, 0) is 24.6 Å². The molecular formula is C13H14N4. The van der Waals surface area contributed by atoms with Gasteiger partial charge in [-0.15, -0.1) is 0 Å². The van der Waals surface area contributed by atoms with Gasteiger partial charge in [0.15, 0.2) is 0 Å². The molecule has 0 saturated carbocycles. The molecule has 0 atom stereocenters. The van der Waals surface area contributed by atoms with Gasteiger partial charge in [0.1, 0.15) is 6.07 Å². The average molecular weight is 226 g/mol. The topological polar surface area (TPSA) is 53.6 Å². The first-order valence-corrected chi connectivity index (χ1v) is 5.52. The summed E-state index contributed by atoms with van der Waals surface area (Å²) in [7, 11) is 0. The largest absolute Gasteiger partial charge is 0.382 e. The lowest BCUT2D eigenvalue weighted by Gasteiger charge is -2.11. The van der Waals surface area contributed by atoms with Gasteiger partial charge in [-0.3, -0.25) is 4.68 Å². The zero-order chi connectivity index (χ0) is 12.1. The Morgan fingerprint density at radius 1 is 1.41 bits per heavy atom. The standard InChI is InChI=1S/C13H14N4/c1-11-4-2-5-12(10-14)13(11)15-7-9-17-8-3-6-16-17/h2-6,8,15H,7,9H2,1H3. The molecule has 1 aromatic carbocycles. The Labute approximate surface area is 100 Å². The van der Waals surface area contributed by atoms with Crippen molar-refractivity contribution in [3.05, 3.63) is 47.8 Å². The van der Waals surface area contributed by atoms with Gasteiger partial charge in [0.05, 0.1) is 17.8 Å². The molecule has 0 radical (unpaired) electrons. The van der Waals surface area contributed by atoms with E-state index in [9.17, 15) is 0 Å². The van der Waals surface area contributed by atoms with Crippen molar-refractivity contribution >= 4 is 5.69 Å². The van der Waals surface area contributed by atoms with Gasteiger partial charge in [-0.1, -0.05) is 12.1 Å². The van der Waals surface area contributed by atoms with Crippen molar-refractivity contribution < 1.29 is 0 Å². The number of para-hydroxylation sites is 1. The van der Waals surface area contributed by atoms with E-state index in [1.165, 1.54) is 0 Å². The minimum Gasteiger partial charge on any atom is -0.382 e. The molecule has 17 heavy (non-hydrogen) atoms. The Bertz CT molecular complexity index is 523. The first kappa shape index (κ1) is 11.2. The Balaban J connectivity index is 2.02. The Morgan fingerprint density at radius 3 is 3.00 bits per heavy atom. The second kappa shape index (κ2) is 5.17. The fraction of sp³-hybridized carbons (Fsp3) is 0.231. The van der Waals surface area contributed by atoms with E-state index >= 15 is 0 Å². The minimum atomic E-state index is 0.686. The van der Waals surface area contributed by atoms with Crippen molar-refractivity contribution in [3.63, 3.8) is 0 Å². The molecule has 4 heteroatoms. The van der Waals surface area contributed by atoms with Crippen LogP contribution in [0.1, 0.15) is 11.1 Å². The number of aromatic nitrogens is 2. The Kier molecular flexibility index (Phi) is 3.41. The van der Waals surface area contributed by atoms with Crippen molar-refractivity contribution in [1.29, 1.82) is 5.26 Å². The first-order chi connectivity index (χ1) is 8.31. The van der Waals surface area contributed by atoms with Gasteiger partial charge < -0.3 is 5.32 Å². The minimum absolute atomic E-state index is 0.686. The molecule has 4 nitrogen and oxygen atoms in total. The van der Waals surface area contributed by atoms with Crippen LogP contribution in [-0.4, -0.2) is 16.3 Å². The van der Waals surface area contributed by atoms with Crippen LogP contribution in [-0.2, 0) is 6.54 Å². The van der Waals surface area contributed by atoms with Crippen LogP contribution < -0.4 is 5.32 Å². The smallest absolute Gasteiger partial charge is 0.101 e. The molecule has 0 amide bonds. The molecule has 2 aromatic rings. The SMILES string of the molecule is Cc1cccc(C#N)c1NCCn1cccn1. The molecule has 0 fully saturated rings. The quantitative estimate of drug-likeness (QED) is 0.869. The molecule has 0 saturated heterocycles. The maximum absolute atomic E-state index is 9.02. The lowest BCUT2D eigenvalue weighted by Crippen LogP contribution is -2.12. The molecule has 2 rings (SSSR count). The van der Waals surface area contributed by atoms with E-state index in [1.807, 2.05) is 42.1 Å². The van der Waals surface area contributed by atoms with Crippen LogP contribution in [0.5, 0.6) is 0 Å². The zero-order valence-corrected chi connectivity index (χ0v) is 9.72. The predicted octanol–water partition coefficient (Wildman–Crippen LogP) is 2.18. The van der Waals surface area contributed by atoms with Crippen molar-refractivity contribution in [2.75, 3.05) is 11.9 Å². The van der Waals surface area contributed by atoms with Crippen LogP contribution >= 0.6 is 0 Å². The highest BCUT2D eigenvalue weighted by Crippen LogP contribution is 2.19. The highest BCUT2D eigenvalue weighted by atomic mass is 15.3. The third-order valence-electron chi connectivity index (χ3n) is 2.60. The average Bonchev–Trinajstić information content (AvgIpc) is 2.84. The maximum Gasteiger partial charge on any atom is 0.101 e. The highest BCUT2D eigenvalue weighted by Gasteiger charge is 2.03. The number of hydrogen-bond donors (Lipinski definition) is 1. The van der Waals surface area contributed by atoms with E-state index in [0.29, 0.717) is 5.56 Å². The van der Waals surface area contributed by atoms with E-state index in [2.05, 4.69) is 16.5 Å². The summed E-state index contributed by atoms with van der Waals surface area (Å²) < 4.78 is 1.86. The van der Waals surface area contributed by atoms with E-state index in [-0.39, 0.29) is 0 Å². The maximum atomic E-state index is 9.02. The van der Waals surface area contributed by atoms with E-state index in [1.54, 1.807) is 6.20 Å². The summed E-state index contributed by atoms with van der Waals surface area (Å²) in [6, 6.07) is 9.81. The van der Waals surface area contributed by atoms with Gasteiger partial charge in [0, 0.05) is 18.9 Å². The van der Waals surface area contributed by atoms with Crippen LogP contribution in [0.25, 0.3) is 0 Å². The lowest BCUT2D eigenvalue weighted by atomic mass is 10.1. The van der Waals surface area contributed by atoms with E-state index < -0.39 is 0 Å². The van der Waals surface area contributed by atoms with Gasteiger partial charge in [-0.2, -0.15) is 10.4 Å². The van der Waals surface area contributed by atoms with Gasteiger partial charge >= 0.3 is 0 Å². The van der Waals surface area contributed by atoms with Crippen LogP contribution in [0.3, 0.4) is 0 Å². The third-order valence-corrected chi connectivity index (χ3v) is 2.60. The molecule has 1 aromatic heterocycles. The molecule has 0 aliphatic heterocycles. The van der Waals surface area contributed by atoms with Gasteiger partial charge in [-0.25, -0.2) is 0 Å². The van der Waals surface area contributed by atoms with Crippen LogP contribution in [0.2, 0.25) is 0 Å². The molecule has 0 aliphatic rings. The van der Waals surface area contributed by atoms with Crippen LogP contribution in [0.15, 0.2) is 36.7 Å². The number of nitrogens with one attached hydrogen (secondary N) is 1. The van der Waals surface area contributed by atoms with Crippen molar-refractivity contribution in [2.24, 2.45) is 0 Å². The van der Waals surface area contributed by atoms with Gasteiger partial charge in [0.25, 0.3) is 0 Å². The predicted molar refractivity (Wildman–Crippen MR) is 66.6 cm³/mol. The molecule has 1 N–H and O–H groups in total. The van der Waals surface area contributed by atoms with E-state index in [4.69, 9.17) is 5.26 Å². The number of aryl methyl sites for hydroxylation is 1. The van der Waals surface area contributed by atoms with Crippen molar-refractivity contribution in [2.45, 2.75) is 13.5 Å². The number of nitrogens with zero attached hydrogens (tertiary/aromatic N) is 3. The number of nitriles is 1.